The Morgan fingerprint density at radius 2 is 1.91 bits per heavy atom. The molecular formula is C20H19NO2. The summed E-state index contributed by atoms with van der Waals surface area (Å²) in [6.07, 6.45) is 3.16. The summed E-state index contributed by atoms with van der Waals surface area (Å²) in [5, 5.41) is 4.16. The Balaban J connectivity index is 1.64. The van der Waals surface area contributed by atoms with E-state index in [-0.39, 0.29) is 11.9 Å². The number of nitrogens with one attached hydrogen (secondary N) is 1. The number of benzene rings is 2. The summed E-state index contributed by atoms with van der Waals surface area (Å²) >= 11 is 0. The van der Waals surface area contributed by atoms with E-state index in [1.54, 1.807) is 0 Å². The lowest BCUT2D eigenvalue weighted by Gasteiger charge is -2.26. The first-order valence-corrected chi connectivity index (χ1v) is 8.11. The van der Waals surface area contributed by atoms with Gasteiger partial charge in [-0.1, -0.05) is 42.5 Å². The van der Waals surface area contributed by atoms with Gasteiger partial charge in [0.1, 0.15) is 5.58 Å². The molecule has 3 heteroatoms. The fourth-order valence-corrected chi connectivity index (χ4v) is 3.52. The van der Waals surface area contributed by atoms with Crippen molar-refractivity contribution < 1.29 is 9.21 Å². The zero-order valence-corrected chi connectivity index (χ0v) is 13.1. The van der Waals surface area contributed by atoms with Crippen LogP contribution in [0, 0.1) is 6.92 Å². The molecule has 0 saturated heterocycles. The summed E-state index contributed by atoms with van der Waals surface area (Å²) < 4.78 is 5.78. The van der Waals surface area contributed by atoms with Crippen molar-refractivity contribution in [3.05, 3.63) is 71.0 Å². The summed E-state index contributed by atoms with van der Waals surface area (Å²) in [5.41, 5.74) is 4.24. The maximum atomic E-state index is 12.7. The van der Waals surface area contributed by atoms with Crippen molar-refractivity contribution in [1.82, 2.24) is 5.32 Å². The zero-order valence-electron chi connectivity index (χ0n) is 13.1. The molecule has 0 aliphatic heterocycles. The van der Waals surface area contributed by atoms with E-state index in [1.807, 2.05) is 37.3 Å². The van der Waals surface area contributed by atoms with Crippen molar-refractivity contribution in [3.8, 4) is 0 Å². The number of carbonyl (C=O) groups excluding carboxylic acids is 1. The normalized spacial score (nSPS) is 17.0. The van der Waals surface area contributed by atoms with Gasteiger partial charge >= 0.3 is 0 Å². The van der Waals surface area contributed by atoms with E-state index >= 15 is 0 Å². The molecule has 1 N–H and O–H groups in total. The summed E-state index contributed by atoms with van der Waals surface area (Å²) in [5.74, 6) is 0.301. The monoisotopic (exact) mass is 305 g/mol. The standard InChI is InChI=1S/C20H19NO2/c1-13-15-9-4-5-12-18(15)23-19(13)20(22)21-17-11-6-8-14-7-2-3-10-16(14)17/h2-5,7,9-10,12,17H,6,8,11H2,1H3,(H,21,22). The maximum Gasteiger partial charge on any atom is 0.287 e. The first kappa shape index (κ1) is 14.1. The molecule has 1 aromatic heterocycles. The van der Waals surface area contributed by atoms with Gasteiger partial charge in [-0.05, 0) is 43.4 Å². The molecule has 1 atom stereocenters. The Bertz CT molecular complexity index is 878. The van der Waals surface area contributed by atoms with E-state index < -0.39 is 0 Å². The second-order valence-electron chi connectivity index (χ2n) is 6.17. The number of carbonyl (C=O) groups is 1. The molecule has 3 nitrogen and oxygen atoms in total. The molecular weight excluding hydrogens is 286 g/mol. The Labute approximate surface area is 135 Å². The summed E-state index contributed by atoms with van der Waals surface area (Å²) in [4.78, 5) is 12.7. The Hall–Kier alpha value is -2.55. The van der Waals surface area contributed by atoms with Gasteiger partial charge in [-0.2, -0.15) is 0 Å². The summed E-state index contributed by atoms with van der Waals surface area (Å²) in [6, 6.07) is 16.2. The Morgan fingerprint density at radius 3 is 2.78 bits per heavy atom. The van der Waals surface area contributed by atoms with Crippen LogP contribution in [0.5, 0.6) is 0 Å². The topological polar surface area (TPSA) is 42.2 Å². The number of rotatable bonds is 2. The van der Waals surface area contributed by atoms with Gasteiger partial charge in [0.25, 0.3) is 5.91 Å². The van der Waals surface area contributed by atoms with Crippen LogP contribution in [0.1, 0.15) is 46.1 Å². The highest BCUT2D eigenvalue weighted by Crippen LogP contribution is 2.31. The third-order valence-electron chi connectivity index (χ3n) is 4.72. The molecule has 3 aromatic rings. The average Bonchev–Trinajstić information content (AvgIpc) is 2.93. The molecule has 0 saturated carbocycles. The maximum absolute atomic E-state index is 12.7. The highest BCUT2D eigenvalue weighted by Gasteiger charge is 2.24. The Morgan fingerprint density at radius 1 is 1.13 bits per heavy atom. The summed E-state index contributed by atoms with van der Waals surface area (Å²) in [7, 11) is 0. The van der Waals surface area contributed by atoms with E-state index in [0.29, 0.717) is 5.76 Å². The molecule has 23 heavy (non-hydrogen) atoms. The molecule has 1 aliphatic carbocycles. The first-order chi connectivity index (χ1) is 11.2. The van der Waals surface area contributed by atoms with Crippen molar-refractivity contribution in [2.24, 2.45) is 0 Å². The minimum Gasteiger partial charge on any atom is -0.451 e. The van der Waals surface area contributed by atoms with Gasteiger partial charge < -0.3 is 9.73 Å². The number of hydrogen-bond donors (Lipinski definition) is 1. The summed E-state index contributed by atoms with van der Waals surface area (Å²) in [6.45, 7) is 1.94. The third-order valence-corrected chi connectivity index (χ3v) is 4.72. The molecule has 0 radical (unpaired) electrons. The van der Waals surface area contributed by atoms with Crippen LogP contribution in [0.25, 0.3) is 11.0 Å². The molecule has 1 unspecified atom stereocenters. The quantitative estimate of drug-likeness (QED) is 0.754. The predicted octanol–water partition coefficient (Wildman–Crippen LogP) is 4.55. The number of amides is 1. The molecule has 1 amide bonds. The highest BCUT2D eigenvalue weighted by molar-refractivity contribution is 5.99. The van der Waals surface area contributed by atoms with Crippen LogP contribution >= 0.6 is 0 Å². The van der Waals surface area contributed by atoms with Crippen molar-refractivity contribution in [2.75, 3.05) is 0 Å². The molecule has 4 rings (SSSR count). The van der Waals surface area contributed by atoms with Crippen LogP contribution in [-0.2, 0) is 6.42 Å². The van der Waals surface area contributed by atoms with Crippen molar-refractivity contribution in [1.29, 1.82) is 0 Å². The van der Waals surface area contributed by atoms with Gasteiger partial charge in [0, 0.05) is 10.9 Å². The molecule has 1 heterocycles. The molecule has 0 spiro atoms. The number of fused-ring (bicyclic) bond motifs is 2. The van der Waals surface area contributed by atoms with Crippen molar-refractivity contribution in [3.63, 3.8) is 0 Å². The van der Waals surface area contributed by atoms with Crippen LogP contribution in [0.2, 0.25) is 0 Å². The van der Waals surface area contributed by atoms with Crippen LogP contribution in [-0.4, -0.2) is 5.91 Å². The first-order valence-electron chi connectivity index (χ1n) is 8.11. The molecule has 116 valence electrons. The van der Waals surface area contributed by atoms with Crippen LogP contribution in [0.3, 0.4) is 0 Å². The van der Waals surface area contributed by atoms with E-state index in [9.17, 15) is 4.79 Å². The fourth-order valence-electron chi connectivity index (χ4n) is 3.52. The van der Waals surface area contributed by atoms with Gasteiger partial charge in [0.05, 0.1) is 6.04 Å². The average molecular weight is 305 g/mol. The Kier molecular flexibility index (Phi) is 3.41. The number of furan rings is 1. The van der Waals surface area contributed by atoms with Crippen LogP contribution in [0.4, 0.5) is 0 Å². The van der Waals surface area contributed by atoms with E-state index in [0.717, 1.165) is 35.8 Å². The highest BCUT2D eigenvalue weighted by atomic mass is 16.3. The van der Waals surface area contributed by atoms with Gasteiger partial charge in [0.15, 0.2) is 5.76 Å². The van der Waals surface area contributed by atoms with Gasteiger partial charge in [-0.25, -0.2) is 0 Å². The fraction of sp³-hybridized carbons (Fsp3) is 0.250. The molecule has 0 bridgehead atoms. The zero-order chi connectivity index (χ0) is 15.8. The van der Waals surface area contributed by atoms with Crippen molar-refractivity contribution in [2.45, 2.75) is 32.2 Å². The number of hydrogen-bond acceptors (Lipinski definition) is 2. The lowest BCUT2D eigenvalue weighted by atomic mass is 9.87. The van der Waals surface area contributed by atoms with Crippen LogP contribution < -0.4 is 5.32 Å². The second kappa shape index (κ2) is 5.58. The minimum atomic E-state index is -0.125. The van der Waals surface area contributed by atoms with Crippen LogP contribution in [0.15, 0.2) is 52.9 Å². The number of aryl methyl sites for hydroxylation is 2. The largest absolute Gasteiger partial charge is 0.451 e. The number of para-hydroxylation sites is 1. The molecule has 1 aliphatic rings. The van der Waals surface area contributed by atoms with E-state index in [4.69, 9.17) is 4.42 Å². The predicted molar refractivity (Wildman–Crippen MR) is 90.5 cm³/mol. The van der Waals surface area contributed by atoms with Gasteiger partial charge in [-0.3, -0.25) is 4.79 Å². The van der Waals surface area contributed by atoms with Gasteiger partial charge in [-0.15, -0.1) is 0 Å². The van der Waals surface area contributed by atoms with E-state index in [2.05, 4.69) is 23.5 Å². The van der Waals surface area contributed by atoms with Gasteiger partial charge in [0.2, 0.25) is 0 Å². The SMILES string of the molecule is Cc1c(C(=O)NC2CCCc3ccccc32)oc2ccccc12. The smallest absolute Gasteiger partial charge is 0.287 e. The third kappa shape index (κ3) is 2.42. The van der Waals surface area contributed by atoms with E-state index in [1.165, 1.54) is 11.1 Å². The lowest BCUT2D eigenvalue weighted by molar-refractivity contribution is 0.0906. The second-order valence-corrected chi connectivity index (χ2v) is 6.17. The van der Waals surface area contributed by atoms with Crippen molar-refractivity contribution >= 4 is 16.9 Å². The minimum absolute atomic E-state index is 0.0695. The molecule has 0 fully saturated rings. The molecule has 2 aromatic carbocycles. The lowest BCUT2D eigenvalue weighted by Crippen LogP contribution is -2.31.